The van der Waals surface area contributed by atoms with Gasteiger partial charge in [0.15, 0.2) is 6.54 Å². The van der Waals surface area contributed by atoms with Crippen molar-refractivity contribution in [3.63, 3.8) is 0 Å². The van der Waals surface area contributed by atoms with Gasteiger partial charge in [0.25, 0.3) is 0 Å². The fourth-order valence-corrected chi connectivity index (χ4v) is 3.16. The minimum atomic E-state index is -0.348. The highest BCUT2D eigenvalue weighted by atomic mass is 79.9. The average Bonchev–Trinajstić information content (AvgIpc) is 2.81. The second-order valence-electron chi connectivity index (χ2n) is 5.17. The van der Waals surface area contributed by atoms with Crippen LogP contribution in [-0.2, 0) is 16.1 Å². The molecule has 0 spiro atoms. The quantitative estimate of drug-likeness (QED) is 0.467. The number of carbonyl (C=O) groups excluding carboxylic acids is 1. The Balaban J connectivity index is 0.00000225. The molecule has 2 aromatic carbocycles. The molecule has 1 aromatic heterocycles. The van der Waals surface area contributed by atoms with Crippen LogP contribution in [0.3, 0.4) is 0 Å². The van der Waals surface area contributed by atoms with Crippen LogP contribution in [0.4, 0.5) is 5.95 Å². The molecule has 0 bridgehead atoms. The highest BCUT2D eigenvalue weighted by molar-refractivity contribution is 6.35. The van der Waals surface area contributed by atoms with Crippen molar-refractivity contribution in [3.8, 4) is 5.69 Å². The Morgan fingerprint density at radius 1 is 1.24 bits per heavy atom. The zero-order valence-corrected chi connectivity index (χ0v) is 16.5. The summed E-state index contributed by atoms with van der Waals surface area (Å²) in [5.74, 6) is 0.0350. The van der Waals surface area contributed by atoms with Crippen molar-refractivity contribution in [2.45, 2.75) is 13.5 Å². The standard InChI is InChI=1S/C17H15Cl2N3O2.BrH/c1-2-24-16(23)10-21-14-5-3-4-6-15(14)22(17(21)20)13-8-7-11(18)9-12(13)19;/h3-9,20H,2,10H2,1H3;1H. The number of hydrogen-bond donors (Lipinski definition) is 1. The van der Waals surface area contributed by atoms with Crippen LogP contribution in [0.15, 0.2) is 42.5 Å². The van der Waals surface area contributed by atoms with E-state index in [1.807, 2.05) is 24.3 Å². The minimum Gasteiger partial charge on any atom is -1.00 e. The molecule has 1 heterocycles. The van der Waals surface area contributed by atoms with Gasteiger partial charge in [0.05, 0.1) is 11.6 Å². The number of ether oxygens (including phenoxy) is 1. The first-order valence-electron chi connectivity index (χ1n) is 7.42. The maximum atomic E-state index is 11.9. The van der Waals surface area contributed by atoms with Crippen molar-refractivity contribution in [3.05, 3.63) is 52.5 Å². The summed E-state index contributed by atoms with van der Waals surface area (Å²) in [4.78, 5) is 11.9. The topological polar surface area (TPSA) is 61.1 Å². The van der Waals surface area contributed by atoms with E-state index in [1.165, 1.54) is 0 Å². The second kappa shape index (κ2) is 8.08. The van der Waals surface area contributed by atoms with Gasteiger partial charge in [-0.3, -0.25) is 5.73 Å². The summed E-state index contributed by atoms with van der Waals surface area (Å²) in [5, 5.41) is 1.01. The molecule has 8 heteroatoms. The molecule has 0 fully saturated rings. The Morgan fingerprint density at radius 3 is 2.64 bits per heavy atom. The minimum absolute atomic E-state index is 0. The molecule has 5 nitrogen and oxygen atoms in total. The predicted molar refractivity (Wildman–Crippen MR) is 94.5 cm³/mol. The van der Waals surface area contributed by atoms with Gasteiger partial charge in [-0.05, 0) is 37.3 Å². The lowest BCUT2D eigenvalue weighted by molar-refractivity contribution is -0.645. The van der Waals surface area contributed by atoms with E-state index >= 15 is 0 Å². The molecule has 2 N–H and O–H groups in total. The Hall–Kier alpha value is -1.76. The van der Waals surface area contributed by atoms with Gasteiger partial charge in [-0.25, -0.2) is 9.36 Å². The predicted octanol–water partition coefficient (Wildman–Crippen LogP) is 0.374. The number of nitrogen functional groups attached to an aromatic ring is 1. The highest BCUT2D eigenvalue weighted by Crippen LogP contribution is 2.29. The van der Waals surface area contributed by atoms with Gasteiger partial charge < -0.3 is 21.7 Å². The third-order valence-electron chi connectivity index (χ3n) is 3.66. The maximum Gasteiger partial charge on any atom is 0.361 e. The average molecular weight is 445 g/mol. The number of carbonyl (C=O) groups is 1. The lowest BCUT2D eigenvalue weighted by Gasteiger charge is -2.04. The van der Waals surface area contributed by atoms with Crippen molar-refractivity contribution in [2.75, 3.05) is 12.3 Å². The largest absolute Gasteiger partial charge is 1.00 e. The van der Waals surface area contributed by atoms with E-state index in [2.05, 4.69) is 0 Å². The van der Waals surface area contributed by atoms with E-state index in [9.17, 15) is 4.79 Å². The second-order valence-corrected chi connectivity index (χ2v) is 6.01. The number of imidazole rings is 1. The number of rotatable bonds is 4. The van der Waals surface area contributed by atoms with E-state index in [0.717, 1.165) is 11.0 Å². The third-order valence-corrected chi connectivity index (χ3v) is 4.20. The van der Waals surface area contributed by atoms with Crippen LogP contribution in [0.5, 0.6) is 0 Å². The number of hydrogen-bond acceptors (Lipinski definition) is 3. The molecule has 0 aliphatic rings. The fraction of sp³-hybridized carbons (Fsp3) is 0.176. The molecule has 0 saturated carbocycles. The van der Waals surface area contributed by atoms with E-state index < -0.39 is 0 Å². The van der Waals surface area contributed by atoms with Crippen molar-refractivity contribution in [2.24, 2.45) is 0 Å². The Labute approximate surface area is 165 Å². The first-order chi connectivity index (χ1) is 11.5. The summed E-state index contributed by atoms with van der Waals surface area (Å²) in [6, 6.07) is 12.8. The van der Waals surface area contributed by atoms with E-state index in [0.29, 0.717) is 28.3 Å². The van der Waals surface area contributed by atoms with Gasteiger partial charge in [-0.1, -0.05) is 35.3 Å². The Kier molecular flexibility index (Phi) is 6.32. The summed E-state index contributed by atoms with van der Waals surface area (Å²) in [5.41, 5.74) is 8.67. The number of nitrogens with zero attached hydrogens (tertiary/aromatic N) is 2. The summed E-state index contributed by atoms with van der Waals surface area (Å²) in [7, 11) is 0. The van der Waals surface area contributed by atoms with E-state index in [1.54, 1.807) is 34.3 Å². The molecule has 0 atom stereocenters. The summed E-state index contributed by atoms with van der Waals surface area (Å²) < 4.78 is 8.54. The number of fused-ring (bicyclic) bond motifs is 1. The zero-order chi connectivity index (χ0) is 17.3. The SMILES string of the molecule is CCOC(=O)C[n+]1c(N)n(-c2ccc(Cl)cc2Cl)c2ccccc21.[Br-]. The number of halogens is 3. The van der Waals surface area contributed by atoms with Crippen LogP contribution < -0.4 is 27.3 Å². The molecule has 0 saturated heterocycles. The van der Waals surface area contributed by atoms with Gasteiger partial charge in [0, 0.05) is 5.02 Å². The van der Waals surface area contributed by atoms with Crippen LogP contribution >= 0.6 is 23.2 Å². The smallest absolute Gasteiger partial charge is 0.361 e. The highest BCUT2D eigenvalue weighted by Gasteiger charge is 2.25. The molecule has 132 valence electrons. The van der Waals surface area contributed by atoms with Crippen molar-refractivity contribution in [1.82, 2.24) is 4.57 Å². The third kappa shape index (κ3) is 3.76. The van der Waals surface area contributed by atoms with Gasteiger partial charge in [-0.2, -0.15) is 4.57 Å². The van der Waals surface area contributed by atoms with Crippen LogP contribution in [0.25, 0.3) is 16.7 Å². The van der Waals surface area contributed by atoms with Crippen molar-refractivity contribution < 1.29 is 31.1 Å². The van der Waals surface area contributed by atoms with Crippen LogP contribution in [0.1, 0.15) is 6.92 Å². The fourth-order valence-electron chi connectivity index (χ4n) is 2.67. The Morgan fingerprint density at radius 2 is 1.96 bits per heavy atom. The number of aromatic nitrogens is 2. The summed E-state index contributed by atoms with van der Waals surface area (Å²) in [6.07, 6.45) is 0. The van der Waals surface area contributed by atoms with Gasteiger partial charge in [-0.15, -0.1) is 0 Å². The molecule has 0 radical (unpaired) electrons. The van der Waals surface area contributed by atoms with E-state index in [4.69, 9.17) is 33.7 Å². The monoisotopic (exact) mass is 443 g/mol. The first-order valence-corrected chi connectivity index (χ1v) is 8.18. The normalized spacial score (nSPS) is 10.5. The van der Waals surface area contributed by atoms with Crippen LogP contribution in [0.2, 0.25) is 10.0 Å². The maximum absolute atomic E-state index is 11.9. The Bertz CT molecular complexity index is 928. The summed E-state index contributed by atoms with van der Waals surface area (Å²) in [6.45, 7) is 2.11. The lowest BCUT2D eigenvalue weighted by atomic mass is 10.2. The molecule has 0 aliphatic carbocycles. The van der Waals surface area contributed by atoms with E-state index in [-0.39, 0.29) is 29.5 Å². The number of esters is 1. The van der Waals surface area contributed by atoms with Gasteiger partial charge in [0.1, 0.15) is 16.7 Å². The zero-order valence-electron chi connectivity index (χ0n) is 13.4. The molecule has 25 heavy (non-hydrogen) atoms. The van der Waals surface area contributed by atoms with Crippen LogP contribution in [-0.4, -0.2) is 17.1 Å². The molecule has 0 unspecified atom stereocenters. The van der Waals surface area contributed by atoms with Gasteiger partial charge in [0.2, 0.25) is 0 Å². The number of benzene rings is 2. The molecular weight excluding hydrogens is 429 g/mol. The number of para-hydroxylation sites is 2. The lowest BCUT2D eigenvalue weighted by Crippen LogP contribution is -3.00. The van der Waals surface area contributed by atoms with Crippen molar-refractivity contribution >= 4 is 46.2 Å². The molecule has 3 rings (SSSR count). The molecule has 0 amide bonds. The number of nitrogens with two attached hydrogens (primary N) is 1. The molecule has 3 aromatic rings. The van der Waals surface area contributed by atoms with Crippen molar-refractivity contribution in [1.29, 1.82) is 0 Å². The number of anilines is 1. The first kappa shape index (κ1) is 19.6. The van der Waals surface area contributed by atoms with Gasteiger partial charge >= 0.3 is 11.9 Å². The molecular formula is C17H16BrCl2N3O2. The van der Waals surface area contributed by atoms with Crippen LogP contribution in [0, 0.1) is 0 Å². The molecule has 0 aliphatic heterocycles. The summed E-state index contributed by atoms with van der Waals surface area (Å²) >= 11 is 12.3.